The number of hydrogen-bond acceptors (Lipinski definition) is 5. The number of sulfonamides is 1. The average Bonchev–Trinajstić information content (AvgIpc) is 3.13. The van der Waals surface area contributed by atoms with Gasteiger partial charge in [-0.15, -0.1) is 0 Å². The van der Waals surface area contributed by atoms with Gasteiger partial charge in [0.15, 0.2) is 0 Å². The Kier molecular flexibility index (Phi) is 4.18. The van der Waals surface area contributed by atoms with E-state index in [1.54, 1.807) is 38.2 Å². The van der Waals surface area contributed by atoms with Crippen LogP contribution in [0.4, 0.5) is 0 Å². The maximum Gasteiger partial charge on any atom is 0.272 e. The third kappa shape index (κ3) is 2.71. The minimum Gasteiger partial charge on any atom is -0.335 e. The number of nitrogens with zero attached hydrogens (tertiary/aromatic N) is 6. The van der Waals surface area contributed by atoms with Crippen LogP contribution in [0.3, 0.4) is 0 Å². The second kappa shape index (κ2) is 6.02. The first-order valence-electron chi connectivity index (χ1n) is 7.58. The minimum atomic E-state index is -3.59. The van der Waals surface area contributed by atoms with Crippen molar-refractivity contribution in [2.45, 2.75) is 11.8 Å². The summed E-state index contributed by atoms with van der Waals surface area (Å²) in [6, 6.07) is 1.66. The van der Waals surface area contributed by atoms with E-state index >= 15 is 0 Å². The van der Waals surface area contributed by atoms with Crippen LogP contribution in [0.1, 0.15) is 16.2 Å². The van der Waals surface area contributed by atoms with Crippen molar-refractivity contribution in [2.24, 2.45) is 14.1 Å². The van der Waals surface area contributed by atoms with Crippen LogP contribution in [0.2, 0.25) is 0 Å². The Morgan fingerprint density at radius 1 is 1.08 bits per heavy atom. The molecule has 130 valence electrons. The smallest absolute Gasteiger partial charge is 0.272 e. The molecule has 0 bridgehead atoms. The number of aromatic nitrogens is 4. The van der Waals surface area contributed by atoms with Crippen LogP contribution in [-0.4, -0.2) is 69.3 Å². The number of hydrogen-bond donors (Lipinski definition) is 0. The minimum absolute atomic E-state index is 0.135. The van der Waals surface area contributed by atoms with Gasteiger partial charge < -0.3 is 4.90 Å². The summed E-state index contributed by atoms with van der Waals surface area (Å²) < 4.78 is 29.9. The van der Waals surface area contributed by atoms with Crippen LogP contribution < -0.4 is 0 Å². The summed E-state index contributed by atoms with van der Waals surface area (Å²) in [4.78, 5) is 14.3. The Labute approximate surface area is 140 Å². The van der Waals surface area contributed by atoms with E-state index in [1.165, 1.54) is 19.9 Å². The van der Waals surface area contributed by atoms with Crippen LogP contribution in [0.25, 0.3) is 0 Å². The van der Waals surface area contributed by atoms with Crippen molar-refractivity contribution in [3.05, 3.63) is 29.8 Å². The van der Waals surface area contributed by atoms with Gasteiger partial charge in [0.25, 0.3) is 5.91 Å². The summed E-state index contributed by atoms with van der Waals surface area (Å²) in [6.45, 7) is 2.95. The predicted octanol–water partition coefficient (Wildman–Crippen LogP) is -0.391. The molecule has 0 N–H and O–H groups in total. The highest BCUT2D eigenvalue weighted by atomic mass is 32.2. The SMILES string of the molecule is Cc1c(S(=O)(=O)N2CCN(C(=O)c3ccnn3C)CC2)cnn1C. The summed E-state index contributed by atoms with van der Waals surface area (Å²) >= 11 is 0. The van der Waals surface area contributed by atoms with Crippen LogP contribution in [0.5, 0.6) is 0 Å². The molecule has 0 unspecified atom stereocenters. The molecule has 1 aliphatic rings. The van der Waals surface area contributed by atoms with Gasteiger partial charge in [0, 0.05) is 46.5 Å². The number of rotatable bonds is 3. The summed E-state index contributed by atoms with van der Waals surface area (Å²) in [5.41, 5.74) is 1.10. The molecule has 0 aromatic carbocycles. The third-order valence-electron chi connectivity index (χ3n) is 4.37. The van der Waals surface area contributed by atoms with Gasteiger partial charge in [0.1, 0.15) is 10.6 Å². The zero-order chi connectivity index (χ0) is 17.5. The van der Waals surface area contributed by atoms with Crippen LogP contribution in [0.15, 0.2) is 23.4 Å². The van der Waals surface area contributed by atoms with Gasteiger partial charge in [-0.3, -0.25) is 14.2 Å². The van der Waals surface area contributed by atoms with Gasteiger partial charge in [0.05, 0.1) is 11.9 Å². The Morgan fingerprint density at radius 2 is 1.75 bits per heavy atom. The molecule has 1 aliphatic heterocycles. The zero-order valence-corrected chi connectivity index (χ0v) is 14.7. The quantitative estimate of drug-likeness (QED) is 0.750. The van der Waals surface area contributed by atoms with Crippen LogP contribution in [-0.2, 0) is 24.1 Å². The van der Waals surface area contributed by atoms with Gasteiger partial charge in [0.2, 0.25) is 10.0 Å². The van der Waals surface area contributed by atoms with Crippen LogP contribution in [0, 0.1) is 6.92 Å². The normalized spacial score (nSPS) is 16.5. The fourth-order valence-electron chi connectivity index (χ4n) is 2.75. The Bertz CT molecular complexity index is 861. The Balaban J connectivity index is 1.72. The lowest BCUT2D eigenvalue weighted by atomic mass is 10.3. The number of piperazine rings is 1. The molecule has 2 aromatic heterocycles. The topological polar surface area (TPSA) is 93.3 Å². The first kappa shape index (κ1) is 16.7. The molecule has 0 radical (unpaired) electrons. The first-order valence-corrected chi connectivity index (χ1v) is 9.02. The van der Waals surface area contributed by atoms with Crippen molar-refractivity contribution in [3.8, 4) is 0 Å². The molecule has 10 heteroatoms. The van der Waals surface area contributed by atoms with E-state index in [0.717, 1.165) is 0 Å². The van der Waals surface area contributed by atoms with E-state index in [4.69, 9.17) is 0 Å². The summed E-state index contributed by atoms with van der Waals surface area (Å²) in [7, 11) is -0.174. The maximum absolute atomic E-state index is 12.7. The number of carbonyl (C=O) groups excluding carboxylic acids is 1. The Morgan fingerprint density at radius 3 is 2.25 bits per heavy atom. The van der Waals surface area contributed by atoms with E-state index < -0.39 is 10.0 Å². The average molecular weight is 352 g/mol. The third-order valence-corrected chi connectivity index (χ3v) is 6.38. The summed E-state index contributed by atoms with van der Waals surface area (Å²) in [6.07, 6.45) is 2.94. The molecule has 1 saturated heterocycles. The fourth-order valence-corrected chi connectivity index (χ4v) is 4.36. The highest BCUT2D eigenvalue weighted by molar-refractivity contribution is 7.89. The molecule has 1 fully saturated rings. The molecule has 2 aromatic rings. The van der Waals surface area contributed by atoms with Crippen molar-refractivity contribution in [3.63, 3.8) is 0 Å². The molecule has 0 saturated carbocycles. The van der Waals surface area contributed by atoms with Gasteiger partial charge in [-0.2, -0.15) is 14.5 Å². The highest BCUT2D eigenvalue weighted by Gasteiger charge is 2.32. The lowest BCUT2D eigenvalue weighted by Gasteiger charge is -2.33. The summed E-state index contributed by atoms with van der Waals surface area (Å²) in [5.74, 6) is -0.135. The number of amides is 1. The van der Waals surface area contributed by atoms with E-state index in [2.05, 4.69) is 10.2 Å². The molecule has 0 aliphatic carbocycles. The molecule has 3 rings (SSSR count). The van der Waals surface area contributed by atoms with Crippen LogP contribution >= 0.6 is 0 Å². The lowest BCUT2D eigenvalue weighted by molar-refractivity contribution is 0.0686. The van der Waals surface area contributed by atoms with E-state index in [0.29, 0.717) is 24.5 Å². The van der Waals surface area contributed by atoms with Crippen molar-refractivity contribution < 1.29 is 13.2 Å². The molecular weight excluding hydrogens is 332 g/mol. The second-order valence-corrected chi connectivity index (χ2v) is 7.66. The summed E-state index contributed by atoms with van der Waals surface area (Å²) in [5, 5.41) is 7.99. The first-order chi connectivity index (χ1) is 11.3. The monoisotopic (exact) mass is 352 g/mol. The second-order valence-electron chi connectivity index (χ2n) is 5.75. The van der Waals surface area contributed by atoms with Crippen molar-refractivity contribution in [1.29, 1.82) is 0 Å². The lowest BCUT2D eigenvalue weighted by Crippen LogP contribution is -2.50. The van der Waals surface area contributed by atoms with Crippen molar-refractivity contribution in [2.75, 3.05) is 26.2 Å². The number of carbonyl (C=O) groups is 1. The largest absolute Gasteiger partial charge is 0.335 e. The maximum atomic E-state index is 12.7. The highest BCUT2D eigenvalue weighted by Crippen LogP contribution is 2.20. The molecular formula is C14H20N6O3S. The molecule has 24 heavy (non-hydrogen) atoms. The number of aryl methyl sites for hydroxylation is 2. The van der Waals surface area contributed by atoms with E-state index in [-0.39, 0.29) is 23.9 Å². The van der Waals surface area contributed by atoms with Crippen molar-refractivity contribution >= 4 is 15.9 Å². The predicted molar refractivity (Wildman–Crippen MR) is 85.8 cm³/mol. The van der Waals surface area contributed by atoms with E-state index in [9.17, 15) is 13.2 Å². The molecule has 9 nitrogen and oxygen atoms in total. The molecule has 0 atom stereocenters. The fraction of sp³-hybridized carbons (Fsp3) is 0.500. The molecule has 1 amide bonds. The van der Waals surface area contributed by atoms with Gasteiger partial charge in [-0.1, -0.05) is 0 Å². The van der Waals surface area contributed by atoms with Crippen molar-refractivity contribution in [1.82, 2.24) is 28.8 Å². The van der Waals surface area contributed by atoms with Gasteiger partial charge in [-0.05, 0) is 13.0 Å². The Hall–Kier alpha value is -2.20. The van der Waals surface area contributed by atoms with Gasteiger partial charge >= 0.3 is 0 Å². The zero-order valence-electron chi connectivity index (χ0n) is 13.9. The van der Waals surface area contributed by atoms with E-state index in [1.807, 2.05) is 0 Å². The van der Waals surface area contributed by atoms with Gasteiger partial charge in [-0.25, -0.2) is 8.42 Å². The molecule has 3 heterocycles. The molecule has 0 spiro atoms. The standard InChI is InChI=1S/C14H20N6O3S/c1-11-13(10-16-17(11)2)24(22,23)20-8-6-19(7-9-20)14(21)12-4-5-15-18(12)3/h4-5,10H,6-9H2,1-3H3.